The van der Waals surface area contributed by atoms with Crippen LogP contribution in [0.1, 0.15) is 23.6 Å². The van der Waals surface area contributed by atoms with E-state index in [4.69, 9.17) is 4.98 Å². The second-order valence-electron chi connectivity index (χ2n) is 6.51. The first-order valence-electron chi connectivity index (χ1n) is 7.94. The average Bonchev–Trinajstić information content (AvgIpc) is 3.02. The molecule has 1 fully saturated rings. The summed E-state index contributed by atoms with van der Waals surface area (Å²) in [5.41, 5.74) is 4.45. The number of allylic oxidation sites excluding steroid dienone is 3. The fourth-order valence-electron chi connectivity index (χ4n) is 3.59. The van der Waals surface area contributed by atoms with Crippen molar-refractivity contribution < 1.29 is 4.39 Å². The Morgan fingerprint density at radius 3 is 3.09 bits per heavy atom. The Bertz CT molecular complexity index is 892. The quantitative estimate of drug-likeness (QED) is 0.925. The molecule has 5 heteroatoms. The maximum absolute atomic E-state index is 13.9. The summed E-state index contributed by atoms with van der Waals surface area (Å²) in [5, 5.41) is 3.31. The number of hydrogen-bond acceptors (Lipinski definition) is 3. The number of fused-ring (bicyclic) bond motifs is 2. The third-order valence-corrected chi connectivity index (χ3v) is 4.93. The summed E-state index contributed by atoms with van der Waals surface area (Å²) in [4.78, 5) is 6.69. The van der Waals surface area contributed by atoms with Gasteiger partial charge in [-0.1, -0.05) is 6.07 Å². The molecule has 23 heavy (non-hydrogen) atoms. The van der Waals surface area contributed by atoms with E-state index in [-0.39, 0.29) is 12.0 Å². The van der Waals surface area contributed by atoms with Gasteiger partial charge in [0.15, 0.2) is 6.17 Å². The molecule has 2 aromatic rings. The molecule has 116 valence electrons. The highest BCUT2D eigenvalue weighted by atomic mass is 19.1. The van der Waals surface area contributed by atoms with Crippen LogP contribution < -0.4 is 5.32 Å². The Labute approximate surface area is 133 Å². The Morgan fingerprint density at radius 2 is 2.26 bits per heavy atom. The first-order chi connectivity index (χ1) is 11.2. The number of halogens is 1. The van der Waals surface area contributed by atoms with Crippen molar-refractivity contribution in [2.45, 2.75) is 25.4 Å². The molecule has 0 amide bonds. The molecule has 2 aliphatic heterocycles. The van der Waals surface area contributed by atoms with Crippen molar-refractivity contribution in [3.05, 3.63) is 71.9 Å². The van der Waals surface area contributed by atoms with E-state index in [1.807, 2.05) is 29.6 Å². The van der Waals surface area contributed by atoms with Crippen molar-refractivity contribution in [3.63, 3.8) is 0 Å². The Hall–Kier alpha value is -2.56. The lowest BCUT2D eigenvalue weighted by Gasteiger charge is -2.22. The summed E-state index contributed by atoms with van der Waals surface area (Å²) < 4.78 is 15.9. The molecule has 1 N–H and O–H groups in total. The zero-order valence-electron chi connectivity index (χ0n) is 12.8. The van der Waals surface area contributed by atoms with Crippen LogP contribution in [0.5, 0.6) is 0 Å². The number of nitrogens with zero attached hydrogens (tertiary/aromatic N) is 3. The van der Waals surface area contributed by atoms with Crippen molar-refractivity contribution in [3.8, 4) is 0 Å². The summed E-state index contributed by atoms with van der Waals surface area (Å²) in [6, 6.07) is 4.12. The maximum atomic E-state index is 13.9. The number of imidazole rings is 1. The lowest BCUT2D eigenvalue weighted by Crippen LogP contribution is -2.35. The number of rotatable bonds is 2. The predicted octanol–water partition coefficient (Wildman–Crippen LogP) is 3.20. The summed E-state index contributed by atoms with van der Waals surface area (Å²) in [6.45, 7) is 2.08. The molecule has 0 spiro atoms. The largest absolute Gasteiger partial charge is 0.361 e. The van der Waals surface area contributed by atoms with Crippen molar-refractivity contribution in [2.24, 2.45) is 5.92 Å². The van der Waals surface area contributed by atoms with E-state index in [1.54, 1.807) is 6.08 Å². The van der Waals surface area contributed by atoms with Crippen molar-refractivity contribution in [1.82, 2.24) is 19.6 Å². The van der Waals surface area contributed by atoms with Crippen molar-refractivity contribution >= 4 is 5.65 Å². The minimum absolute atomic E-state index is 0.140. The van der Waals surface area contributed by atoms with Gasteiger partial charge in [0.25, 0.3) is 0 Å². The van der Waals surface area contributed by atoms with E-state index in [2.05, 4.69) is 28.9 Å². The second-order valence-corrected chi connectivity index (χ2v) is 6.51. The van der Waals surface area contributed by atoms with E-state index in [0.717, 1.165) is 23.5 Å². The first-order valence-corrected chi connectivity index (χ1v) is 7.94. The lowest BCUT2D eigenvalue weighted by atomic mass is 10.2. The smallest absolute Gasteiger partial charge is 0.156 e. The highest BCUT2D eigenvalue weighted by molar-refractivity contribution is 5.49. The number of aryl methyl sites for hydroxylation is 1. The van der Waals surface area contributed by atoms with E-state index < -0.39 is 0 Å². The average molecular weight is 308 g/mol. The molecular formula is C18H17FN4. The van der Waals surface area contributed by atoms with Gasteiger partial charge < -0.3 is 14.6 Å². The molecule has 1 aliphatic carbocycles. The van der Waals surface area contributed by atoms with Gasteiger partial charge in [0.05, 0.1) is 5.69 Å². The van der Waals surface area contributed by atoms with Crippen LogP contribution in [0.15, 0.2) is 60.6 Å². The van der Waals surface area contributed by atoms with Crippen LogP contribution in [-0.4, -0.2) is 20.5 Å². The maximum Gasteiger partial charge on any atom is 0.156 e. The molecule has 4 heterocycles. The third kappa shape index (κ3) is 1.92. The first kappa shape index (κ1) is 12.9. The molecular weight excluding hydrogens is 291 g/mol. The van der Waals surface area contributed by atoms with Gasteiger partial charge in [0, 0.05) is 42.3 Å². The highest BCUT2D eigenvalue weighted by Gasteiger charge is 2.46. The van der Waals surface area contributed by atoms with Gasteiger partial charge in [0.2, 0.25) is 0 Å². The zero-order valence-corrected chi connectivity index (χ0v) is 12.8. The van der Waals surface area contributed by atoms with Crippen LogP contribution >= 0.6 is 0 Å². The van der Waals surface area contributed by atoms with Crippen LogP contribution in [0.3, 0.4) is 0 Å². The topological polar surface area (TPSA) is 32.6 Å². The van der Waals surface area contributed by atoms with Gasteiger partial charge in [0.1, 0.15) is 11.5 Å². The van der Waals surface area contributed by atoms with E-state index >= 15 is 0 Å². The highest BCUT2D eigenvalue weighted by Crippen LogP contribution is 2.52. The zero-order chi connectivity index (χ0) is 15.6. The molecule has 1 saturated carbocycles. The molecule has 5 rings (SSSR count). The summed E-state index contributed by atoms with van der Waals surface area (Å²) in [7, 11) is 0. The van der Waals surface area contributed by atoms with Gasteiger partial charge in [-0.2, -0.15) is 0 Å². The van der Waals surface area contributed by atoms with Crippen molar-refractivity contribution in [1.29, 1.82) is 0 Å². The number of nitrogens with one attached hydrogen (secondary N) is 1. The summed E-state index contributed by atoms with van der Waals surface area (Å²) >= 11 is 0. The normalized spacial score (nSPS) is 28.4. The monoisotopic (exact) mass is 308 g/mol. The van der Waals surface area contributed by atoms with Crippen molar-refractivity contribution in [2.75, 3.05) is 0 Å². The number of aromatic nitrogens is 2. The fraction of sp³-hybridized carbons (Fsp3) is 0.278. The Balaban J connectivity index is 1.40. The van der Waals surface area contributed by atoms with E-state index in [9.17, 15) is 4.39 Å². The van der Waals surface area contributed by atoms with Gasteiger partial charge in [-0.15, -0.1) is 0 Å². The number of hydrogen-bond donors (Lipinski definition) is 1. The van der Waals surface area contributed by atoms with Crippen LogP contribution in [0.2, 0.25) is 0 Å². The number of pyridine rings is 1. The molecule has 3 atom stereocenters. The van der Waals surface area contributed by atoms with E-state index in [1.165, 1.54) is 11.6 Å². The summed E-state index contributed by atoms with van der Waals surface area (Å²) in [5.74, 6) is 0.691. The molecule has 0 bridgehead atoms. The molecule has 0 radical (unpaired) electrons. The van der Waals surface area contributed by atoms with Crippen LogP contribution in [0, 0.1) is 12.8 Å². The second kappa shape index (κ2) is 4.47. The van der Waals surface area contributed by atoms with Gasteiger partial charge in [-0.05, 0) is 37.1 Å². The van der Waals surface area contributed by atoms with Gasteiger partial charge in [-0.25, -0.2) is 9.37 Å². The van der Waals surface area contributed by atoms with Crippen LogP contribution in [-0.2, 0) is 0 Å². The Kier molecular flexibility index (Phi) is 2.52. The molecule has 3 unspecified atom stereocenters. The van der Waals surface area contributed by atoms with E-state index in [0.29, 0.717) is 11.8 Å². The van der Waals surface area contributed by atoms with Gasteiger partial charge in [-0.3, -0.25) is 0 Å². The van der Waals surface area contributed by atoms with Crippen LogP contribution in [0.4, 0.5) is 4.39 Å². The van der Waals surface area contributed by atoms with Gasteiger partial charge >= 0.3 is 0 Å². The SMILES string of the molecule is Cc1cccn2cc(C3CC3C3=CN4C=CC=C(F)C4N3)nc12. The molecule has 2 aromatic heterocycles. The minimum Gasteiger partial charge on any atom is -0.361 e. The van der Waals surface area contributed by atoms with Crippen LogP contribution in [0.25, 0.3) is 5.65 Å². The molecule has 0 saturated heterocycles. The summed E-state index contributed by atoms with van der Waals surface area (Å²) in [6.07, 6.45) is 12.0. The lowest BCUT2D eigenvalue weighted by molar-refractivity contribution is 0.343. The molecule has 4 nitrogen and oxygen atoms in total. The standard InChI is InChI=1S/C18H17FN4/c1-11-4-2-6-22-9-15(20-17(11)22)12-8-13(12)16-10-23-7-3-5-14(19)18(23)21-16/h2-7,9-10,12-13,18,21H,8H2,1H3. The molecule has 3 aliphatic rings. The predicted molar refractivity (Wildman–Crippen MR) is 86.0 cm³/mol. The minimum atomic E-state index is -0.362. The third-order valence-electron chi connectivity index (χ3n) is 4.93. The Morgan fingerprint density at radius 1 is 1.35 bits per heavy atom. The molecule has 0 aromatic carbocycles. The fourth-order valence-corrected chi connectivity index (χ4v) is 3.59.